The molecule has 106 valence electrons. The van der Waals surface area contributed by atoms with Crippen LogP contribution in [0, 0.1) is 23.0 Å². The molecule has 1 atom stereocenters. The number of anilines is 1. The summed E-state index contributed by atoms with van der Waals surface area (Å²) >= 11 is 3.30. The summed E-state index contributed by atoms with van der Waals surface area (Å²) in [6, 6.07) is 3.19. The number of nitrogens with zero attached hydrogens (tertiary/aromatic N) is 1. The lowest BCUT2D eigenvalue weighted by Gasteiger charge is -2.16. The van der Waals surface area contributed by atoms with E-state index in [2.05, 4.69) is 35.1 Å². The molecule has 0 aliphatic carbocycles. The third-order valence-corrected chi connectivity index (χ3v) is 3.41. The van der Waals surface area contributed by atoms with Crippen LogP contribution in [0.5, 0.6) is 0 Å². The molecule has 0 saturated heterocycles. The van der Waals surface area contributed by atoms with Gasteiger partial charge in [0.15, 0.2) is 0 Å². The molecule has 1 unspecified atom stereocenters. The van der Waals surface area contributed by atoms with Gasteiger partial charge in [-0.15, -0.1) is 0 Å². The first-order valence-electron chi connectivity index (χ1n) is 6.17. The number of rotatable bonds is 6. The van der Waals surface area contributed by atoms with Crippen molar-refractivity contribution in [2.75, 3.05) is 11.9 Å². The van der Waals surface area contributed by atoms with Gasteiger partial charge in [0.2, 0.25) is 0 Å². The summed E-state index contributed by atoms with van der Waals surface area (Å²) in [4.78, 5) is 10.4. The number of nitro benzene ring substituents is 1. The summed E-state index contributed by atoms with van der Waals surface area (Å²) in [5, 5.41) is 23.7. The van der Waals surface area contributed by atoms with Crippen molar-refractivity contribution in [2.24, 2.45) is 5.92 Å². The van der Waals surface area contributed by atoms with Crippen molar-refractivity contribution in [3.8, 4) is 0 Å². The van der Waals surface area contributed by atoms with Crippen LogP contribution < -0.4 is 5.32 Å². The Morgan fingerprint density at radius 3 is 2.63 bits per heavy atom. The Labute approximate surface area is 121 Å². The van der Waals surface area contributed by atoms with Crippen LogP contribution in [0.15, 0.2) is 16.6 Å². The number of aliphatic hydroxyl groups is 1. The van der Waals surface area contributed by atoms with Crippen molar-refractivity contribution in [2.45, 2.75) is 33.3 Å². The number of hydrogen-bond acceptors (Lipinski definition) is 4. The van der Waals surface area contributed by atoms with Crippen LogP contribution >= 0.6 is 15.9 Å². The highest BCUT2D eigenvalue weighted by Gasteiger charge is 2.15. The molecule has 0 aliphatic heterocycles. The largest absolute Gasteiger partial charge is 0.391 e. The minimum absolute atomic E-state index is 0.0835. The zero-order valence-electron chi connectivity index (χ0n) is 11.3. The minimum atomic E-state index is -0.428. The van der Waals surface area contributed by atoms with E-state index in [9.17, 15) is 15.2 Å². The Morgan fingerprint density at radius 1 is 1.47 bits per heavy atom. The molecule has 0 heterocycles. The normalized spacial score (nSPS) is 12.5. The van der Waals surface area contributed by atoms with Crippen LogP contribution in [0.2, 0.25) is 0 Å². The van der Waals surface area contributed by atoms with E-state index < -0.39 is 11.0 Å². The SMILES string of the molecule is Cc1cc(NCC(O)CC(C)C)c(Br)cc1[N+](=O)[O-]. The number of nitrogens with one attached hydrogen (secondary N) is 1. The molecule has 5 nitrogen and oxygen atoms in total. The number of halogens is 1. The number of benzene rings is 1. The molecule has 0 bridgehead atoms. The van der Waals surface area contributed by atoms with E-state index in [1.54, 1.807) is 13.0 Å². The van der Waals surface area contributed by atoms with E-state index in [4.69, 9.17) is 0 Å². The molecule has 1 aromatic carbocycles. The van der Waals surface area contributed by atoms with E-state index in [1.807, 2.05) is 0 Å². The van der Waals surface area contributed by atoms with Crippen molar-refractivity contribution in [3.05, 3.63) is 32.3 Å². The lowest BCUT2D eigenvalue weighted by atomic mass is 10.1. The Hall–Kier alpha value is -1.14. The van der Waals surface area contributed by atoms with Gasteiger partial charge in [0.25, 0.3) is 5.69 Å². The molecule has 0 amide bonds. The van der Waals surface area contributed by atoms with E-state index in [0.717, 1.165) is 12.1 Å². The maximum absolute atomic E-state index is 10.8. The predicted molar refractivity (Wildman–Crippen MR) is 79.5 cm³/mol. The van der Waals surface area contributed by atoms with Gasteiger partial charge in [-0.2, -0.15) is 0 Å². The monoisotopic (exact) mass is 330 g/mol. The van der Waals surface area contributed by atoms with Crippen molar-refractivity contribution >= 4 is 27.3 Å². The second-order valence-electron chi connectivity index (χ2n) is 5.04. The van der Waals surface area contributed by atoms with E-state index in [0.29, 0.717) is 22.5 Å². The van der Waals surface area contributed by atoms with E-state index in [-0.39, 0.29) is 5.69 Å². The fraction of sp³-hybridized carbons (Fsp3) is 0.538. The van der Waals surface area contributed by atoms with Gasteiger partial charge in [-0.05, 0) is 41.3 Å². The molecule has 19 heavy (non-hydrogen) atoms. The topological polar surface area (TPSA) is 75.4 Å². The Bertz CT molecular complexity index is 463. The molecular weight excluding hydrogens is 312 g/mol. The number of hydrogen-bond donors (Lipinski definition) is 2. The van der Waals surface area contributed by atoms with Crippen LogP contribution in [-0.4, -0.2) is 22.7 Å². The van der Waals surface area contributed by atoms with Crippen LogP contribution in [0.3, 0.4) is 0 Å². The predicted octanol–water partition coefficient (Wildman–Crippen LogP) is 3.48. The molecule has 1 aromatic rings. The lowest BCUT2D eigenvalue weighted by Crippen LogP contribution is -2.21. The maximum Gasteiger partial charge on any atom is 0.273 e. The zero-order chi connectivity index (χ0) is 14.6. The molecule has 0 radical (unpaired) electrons. The zero-order valence-corrected chi connectivity index (χ0v) is 12.9. The van der Waals surface area contributed by atoms with Gasteiger partial charge in [-0.25, -0.2) is 0 Å². The third-order valence-electron chi connectivity index (χ3n) is 2.75. The van der Waals surface area contributed by atoms with Crippen LogP contribution in [0.1, 0.15) is 25.8 Å². The van der Waals surface area contributed by atoms with Crippen LogP contribution in [-0.2, 0) is 0 Å². The molecule has 0 saturated carbocycles. The average molecular weight is 331 g/mol. The van der Waals surface area contributed by atoms with Gasteiger partial charge in [-0.1, -0.05) is 13.8 Å². The second-order valence-corrected chi connectivity index (χ2v) is 5.89. The van der Waals surface area contributed by atoms with Gasteiger partial charge < -0.3 is 10.4 Å². The highest BCUT2D eigenvalue weighted by atomic mass is 79.9. The van der Waals surface area contributed by atoms with Gasteiger partial charge in [0.1, 0.15) is 0 Å². The Balaban J connectivity index is 2.75. The van der Waals surface area contributed by atoms with E-state index >= 15 is 0 Å². The Kier molecular flexibility index (Phi) is 5.75. The van der Waals surface area contributed by atoms with E-state index in [1.165, 1.54) is 6.07 Å². The maximum atomic E-state index is 10.8. The highest BCUT2D eigenvalue weighted by Crippen LogP contribution is 2.30. The second kappa shape index (κ2) is 6.86. The van der Waals surface area contributed by atoms with Gasteiger partial charge >= 0.3 is 0 Å². The van der Waals surface area contributed by atoms with Crippen LogP contribution in [0.25, 0.3) is 0 Å². The quantitative estimate of drug-likeness (QED) is 0.618. The Morgan fingerprint density at radius 2 is 2.11 bits per heavy atom. The minimum Gasteiger partial charge on any atom is -0.391 e. The van der Waals surface area contributed by atoms with Crippen molar-refractivity contribution in [1.82, 2.24) is 0 Å². The highest BCUT2D eigenvalue weighted by molar-refractivity contribution is 9.10. The first kappa shape index (κ1) is 15.9. The average Bonchev–Trinajstić information content (AvgIpc) is 2.28. The van der Waals surface area contributed by atoms with Crippen molar-refractivity contribution in [1.29, 1.82) is 0 Å². The number of nitro groups is 1. The summed E-state index contributed by atoms with van der Waals surface area (Å²) in [5.41, 5.74) is 1.43. The van der Waals surface area contributed by atoms with Gasteiger partial charge in [0, 0.05) is 28.3 Å². The van der Waals surface area contributed by atoms with Crippen LogP contribution in [0.4, 0.5) is 11.4 Å². The summed E-state index contributed by atoms with van der Waals surface area (Å²) in [6.07, 6.45) is 0.290. The fourth-order valence-corrected chi connectivity index (χ4v) is 2.33. The molecule has 1 rings (SSSR count). The lowest BCUT2D eigenvalue weighted by molar-refractivity contribution is -0.385. The molecule has 0 spiro atoms. The molecular formula is C13H19BrN2O3. The van der Waals surface area contributed by atoms with Crippen molar-refractivity contribution < 1.29 is 10.0 Å². The summed E-state index contributed by atoms with van der Waals surface area (Å²) in [5.74, 6) is 0.429. The summed E-state index contributed by atoms with van der Waals surface area (Å²) in [7, 11) is 0. The number of aryl methyl sites for hydroxylation is 1. The fourth-order valence-electron chi connectivity index (χ4n) is 1.86. The molecule has 6 heteroatoms. The standard InChI is InChI=1S/C13H19BrN2O3/c1-8(2)4-10(17)7-15-12-5-9(3)13(16(18)19)6-11(12)14/h5-6,8,10,15,17H,4,7H2,1-3H3. The molecule has 0 aliphatic rings. The third kappa shape index (κ3) is 4.80. The van der Waals surface area contributed by atoms with Crippen molar-refractivity contribution in [3.63, 3.8) is 0 Å². The number of aliphatic hydroxyl groups excluding tert-OH is 1. The van der Waals surface area contributed by atoms with Gasteiger partial charge in [0.05, 0.1) is 11.0 Å². The molecule has 0 fully saturated rings. The molecule has 0 aromatic heterocycles. The first-order valence-corrected chi connectivity index (χ1v) is 6.97. The summed E-state index contributed by atoms with van der Waals surface area (Å²) in [6.45, 7) is 6.22. The smallest absolute Gasteiger partial charge is 0.273 e. The first-order chi connectivity index (χ1) is 8.81. The van der Waals surface area contributed by atoms with Gasteiger partial charge in [-0.3, -0.25) is 10.1 Å². The summed E-state index contributed by atoms with van der Waals surface area (Å²) < 4.78 is 0.626. The molecule has 2 N–H and O–H groups in total.